The predicted octanol–water partition coefficient (Wildman–Crippen LogP) is 5.80. The average Bonchev–Trinajstić information content (AvgIpc) is 2.62. The van der Waals surface area contributed by atoms with Crippen LogP contribution in [0.25, 0.3) is 0 Å². The number of hydrogen-bond acceptors (Lipinski definition) is 4. The maximum atomic E-state index is 12.2. The largest absolute Gasteiger partial charge is 0.462 e. The molecule has 0 spiro atoms. The Bertz CT molecular complexity index is 534. The lowest BCUT2D eigenvalue weighted by atomic mass is 10.1. The van der Waals surface area contributed by atoms with E-state index >= 15 is 0 Å². The highest BCUT2D eigenvalue weighted by molar-refractivity contribution is 5.93. The summed E-state index contributed by atoms with van der Waals surface area (Å²) in [6.45, 7) is 8.81. The number of carbonyl (C=O) groups is 2. The molecule has 0 radical (unpaired) electrons. The molecule has 1 atom stereocenters. The average molecular weight is 363 g/mol. The van der Waals surface area contributed by atoms with Gasteiger partial charge in [-0.3, -0.25) is 0 Å². The summed E-state index contributed by atoms with van der Waals surface area (Å²) in [5.41, 5.74) is 0.917. The highest BCUT2D eigenvalue weighted by Gasteiger charge is 2.13. The van der Waals surface area contributed by atoms with Crippen molar-refractivity contribution in [3.8, 4) is 0 Å². The molecule has 1 aromatic rings. The molecular formula is C22H34O4. The van der Waals surface area contributed by atoms with Crippen LogP contribution >= 0.6 is 0 Å². The molecule has 0 heterocycles. The van der Waals surface area contributed by atoms with Crippen molar-refractivity contribution in [1.82, 2.24) is 0 Å². The summed E-state index contributed by atoms with van der Waals surface area (Å²) in [4.78, 5) is 24.1. The molecule has 146 valence electrons. The van der Waals surface area contributed by atoms with Crippen molar-refractivity contribution in [2.24, 2.45) is 5.92 Å². The number of hydrogen-bond donors (Lipinski definition) is 0. The highest BCUT2D eigenvalue weighted by atomic mass is 16.5. The van der Waals surface area contributed by atoms with E-state index in [4.69, 9.17) is 9.47 Å². The lowest BCUT2D eigenvalue weighted by Crippen LogP contribution is -2.15. The van der Waals surface area contributed by atoms with E-state index in [0.717, 1.165) is 25.7 Å². The molecule has 1 unspecified atom stereocenters. The number of ether oxygens (including phenoxy) is 2. The maximum Gasteiger partial charge on any atom is 0.338 e. The van der Waals surface area contributed by atoms with Gasteiger partial charge in [0.15, 0.2) is 0 Å². The summed E-state index contributed by atoms with van der Waals surface area (Å²) in [6.07, 6.45) is 7.35. The summed E-state index contributed by atoms with van der Waals surface area (Å²) < 4.78 is 10.7. The van der Waals surface area contributed by atoms with Crippen LogP contribution in [0.2, 0.25) is 0 Å². The summed E-state index contributed by atoms with van der Waals surface area (Å²) in [6, 6.07) is 6.48. The fourth-order valence-corrected chi connectivity index (χ4v) is 2.65. The van der Waals surface area contributed by atoms with Gasteiger partial charge in [0.2, 0.25) is 0 Å². The second-order valence-corrected chi connectivity index (χ2v) is 7.31. The van der Waals surface area contributed by atoms with Crippen LogP contribution in [0.5, 0.6) is 0 Å². The SMILES string of the molecule is CCCCCCC(C)OC(=O)c1ccc(C(=O)OCCCC(C)C)cc1. The topological polar surface area (TPSA) is 52.6 Å². The van der Waals surface area contributed by atoms with Crippen molar-refractivity contribution in [2.75, 3.05) is 6.61 Å². The highest BCUT2D eigenvalue weighted by Crippen LogP contribution is 2.13. The fraction of sp³-hybridized carbons (Fsp3) is 0.636. The number of benzene rings is 1. The lowest BCUT2D eigenvalue weighted by Gasteiger charge is -2.13. The zero-order valence-electron chi connectivity index (χ0n) is 16.8. The normalized spacial score (nSPS) is 12.0. The Morgan fingerprint density at radius 1 is 0.846 bits per heavy atom. The van der Waals surface area contributed by atoms with Crippen molar-refractivity contribution in [3.63, 3.8) is 0 Å². The van der Waals surface area contributed by atoms with Crippen LogP contribution in [0.1, 0.15) is 93.4 Å². The molecule has 1 aromatic carbocycles. The van der Waals surface area contributed by atoms with E-state index in [-0.39, 0.29) is 18.0 Å². The molecule has 0 fully saturated rings. The van der Waals surface area contributed by atoms with Crippen LogP contribution < -0.4 is 0 Å². The van der Waals surface area contributed by atoms with Crippen molar-refractivity contribution < 1.29 is 19.1 Å². The maximum absolute atomic E-state index is 12.2. The molecule has 4 nitrogen and oxygen atoms in total. The van der Waals surface area contributed by atoms with Gasteiger partial charge >= 0.3 is 11.9 Å². The van der Waals surface area contributed by atoms with Gasteiger partial charge in [-0.2, -0.15) is 0 Å². The smallest absolute Gasteiger partial charge is 0.338 e. The van der Waals surface area contributed by atoms with E-state index in [0.29, 0.717) is 23.7 Å². The van der Waals surface area contributed by atoms with E-state index in [9.17, 15) is 9.59 Å². The van der Waals surface area contributed by atoms with Crippen molar-refractivity contribution in [1.29, 1.82) is 0 Å². The Balaban J connectivity index is 2.40. The van der Waals surface area contributed by atoms with Crippen LogP contribution in [0.15, 0.2) is 24.3 Å². The van der Waals surface area contributed by atoms with Gasteiger partial charge in [0.25, 0.3) is 0 Å². The van der Waals surface area contributed by atoms with Crippen LogP contribution in [-0.4, -0.2) is 24.6 Å². The van der Waals surface area contributed by atoms with E-state index < -0.39 is 0 Å². The molecule has 0 bridgehead atoms. The van der Waals surface area contributed by atoms with Crippen LogP contribution in [0, 0.1) is 5.92 Å². The second-order valence-electron chi connectivity index (χ2n) is 7.31. The Morgan fingerprint density at radius 2 is 1.46 bits per heavy atom. The van der Waals surface area contributed by atoms with Crippen LogP contribution in [0.3, 0.4) is 0 Å². The first-order chi connectivity index (χ1) is 12.4. The van der Waals surface area contributed by atoms with Crippen LogP contribution in [-0.2, 0) is 9.47 Å². The van der Waals surface area contributed by atoms with E-state index in [1.165, 1.54) is 19.3 Å². The molecule has 0 aliphatic rings. The third-order valence-corrected chi connectivity index (χ3v) is 4.29. The molecule has 0 aromatic heterocycles. The van der Waals surface area contributed by atoms with Crippen molar-refractivity contribution in [2.45, 2.75) is 78.7 Å². The zero-order chi connectivity index (χ0) is 19.4. The first-order valence-corrected chi connectivity index (χ1v) is 9.92. The lowest BCUT2D eigenvalue weighted by molar-refractivity contribution is 0.0318. The van der Waals surface area contributed by atoms with Gasteiger partial charge in [-0.1, -0.05) is 40.0 Å². The summed E-state index contributed by atoms with van der Waals surface area (Å²) in [5, 5.41) is 0. The number of unbranched alkanes of at least 4 members (excludes halogenated alkanes) is 3. The number of carbonyl (C=O) groups excluding carboxylic acids is 2. The summed E-state index contributed by atoms with van der Waals surface area (Å²) in [7, 11) is 0. The molecular weight excluding hydrogens is 328 g/mol. The minimum atomic E-state index is -0.349. The molecule has 0 saturated carbocycles. The molecule has 0 amide bonds. The van der Waals surface area contributed by atoms with Gasteiger partial charge in [0.1, 0.15) is 0 Å². The van der Waals surface area contributed by atoms with Gasteiger partial charge in [0, 0.05) is 0 Å². The zero-order valence-corrected chi connectivity index (χ0v) is 16.8. The van der Waals surface area contributed by atoms with Gasteiger partial charge in [0.05, 0.1) is 23.8 Å². The minimum absolute atomic E-state index is 0.0926. The quantitative estimate of drug-likeness (QED) is 0.348. The molecule has 1 rings (SSSR count). The third kappa shape index (κ3) is 9.02. The summed E-state index contributed by atoms with van der Waals surface area (Å²) in [5.74, 6) is -0.0872. The number of rotatable bonds is 12. The molecule has 0 aliphatic carbocycles. The fourth-order valence-electron chi connectivity index (χ4n) is 2.65. The van der Waals surface area contributed by atoms with Crippen LogP contribution in [0.4, 0.5) is 0 Å². The Hall–Kier alpha value is -1.84. The Kier molecular flexibility index (Phi) is 10.7. The standard InChI is InChI=1S/C22H34O4/c1-5-6-7-8-11-18(4)26-22(24)20-14-12-19(13-15-20)21(23)25-16-9-10-17(2)3/h12-15,17-18H,5-11,16H2,1-4H3. The molecule has 26 heavy (non-hydrogen) atoms. The number of esters is 2. The first-order valence-electron chi connectivity index (χ1n) is 9.92. The molecule has 0 N–H and O–H groups in total. The van der Waals surface area contributed by atoms with E-state index in [1.807, 2.05) is 6.92 Å². The second kappa shape index (κ2) is 12.5. The monoisotopic (exact) mass is 362 g/mol. The molecule has 0 saturated heterocycles. The van der Waals surface area contributed by atoms with Gasteiger partial charge in [-0.15, -0.1) is 0 Å². The third-order valence-electron chi connectivity index (χ3n) is 4.29. The van der Waals surface area contributed by atoms with E-state index in [1.54, 1.807) is 24.3 Å². The Morgan fingerprint density at radius 3 is 2.04 bits per heavy atom. The van der Waals surface area contributed by atoms with Crippen molar-refractivity contribution in [3.05, 3.63) is 35.4 Å². The minimum Gasteiger partial charge on any atom is -0.462 e. The Labute approximate surface area is 158 Å². The molecule has 0 aliphatic heterocycles. The van der Waals surface area contributed by atoms with Gasteiger partial charge in [-0.05, 0) is 62.8 Å². The summed E-state index contributed by atoms with van der Waals surface area (Å²) >= 11 is 0. The van der Waals surface area contributed by atoms with Gasteiger partial charge < -0.3 is 9.47 Å². The van der Waals surface area contributed by atoms with Crippen molar-refractivity contribution >= 4 is 11.9 Å². The predicted molar refractivity (Wildman–Crippen MR) is 104 cm³/mol. The van der Waals surface area contributed by atoms with Gasteiger partial charge in [-0.25, -0.2) is 9.59 Å². The van der Waals surface area contributed by atoms with E-state index in [2.05, 4.69) is 20.8 Å². The first kappa shape index (κ1) is 22.2. The molecule has 4 heteroatoms.